The minimum atomic E-state index is 0.246. The summed E-state index contributed by atoms with van der Waals surface area (Å²) < 4.78 is 6.42. The van der Waals surface area contributed by atoms with E-state index in [4.69, 9.17) is 4.74 Å². The van der Waals surface area contributed by atoms with Gasteiger partial charge < -0.3 is 4.74 Å². The van der Waals surface area contributed by atoms with Crippen LogP contribution in [0.4, 0.5) is 0 Å². The summed E-state index contributed by atoms with van der Waals surface area (Å²) in [7, 11) is 0. The zero-order valence-corrected chi connectivity index (χ0v) is 11.6. The summed E-state index contributed by atoms with van der Waals surface area (Å²) >= 11 is 3.45. The SMILES string of the molecule is CCCOc1ccc(C(=O)CC2CC2)cc1Br. The van der Waals surface area contributed by atoms with Crippen molar-refractivity contribution >= 4 is 21.7 Å². The molecule has 2 rings (SSSR count). The van der Waals surface area contributed by atoms with Gasteiger partial charge >= 0.3 is 0 Å². The largest absolute Gasteiger partial charge is 0.492 e. The van der Waals surface area contributed by atoms with Crippen molar-refractivity contribution in [3.63, 3.8) is 0 Å². The number of hydrogen-bond acceptors (Lipinski definition) is 2. The van der Waals surface area contributed by atoms with Crippen molar-refractivity contribution in [2.75, 3.05) is 6.61 Å². The van der Waals surface area contributed by atoms with Crippen molar-refractivity contribution in [1.82, 2.24) is 0 Å². The van der Waals surface area contributed by atoms with E-state index >= 15 is 0 Å². The quantitative estimate of drug-likeness (QED) is 0.735. The number of ketones is 1. The molecule has 0 saturated heterocycles. The Balaban J connectivity index is 2.03. The number of Topliss-reactive ketones (excluding diaryl/α,β-unsaturated/α-hetero) is 1. The molecule has 2 nitrogen and oxygen atoms in total. The maximum absolute atomic E-state index is 11.9. The van der Waals surface area contributed by atoms with E-state index in [2.05, 4.69) is 22.9 Å². The maximum Gasteiger partial charge on any atom is 0.163 e. The van der Waals surface area contributed by atoms with Gasteiger partial charge in [-0.15, -0.1) is 0 Å². The number of benzene rings is 1. The standard InChI is InChI=1S/C14H17BrO2/c1-2-7-17-14-6-5-11(9-12(14)15)13(16)8-10-3-4-10/h5-6,9-10H,2-4,7-8H2,1H3. The molecule has 1 aliphatic carbocycles. The van der Waals surface area contributed by atoms with E-state index < -0.39 is 0 Å². The van der Waals surface area contributed by atoms with E-state index in [-0.39, 0.29) is 5.78 Å². The fraction of sp³-hybridized carbons (Fsp3) is 0.500. The summed E-state index contributed by atoms with van der Waals surface area (Å²) in [6.07, 6.45) is 4.10. The smallest absolute Gasteiger partial charge is 0.163 e. The summed E-state index contributed by atoms with van der Waals surface area (Å²) in [5, 5.41) is 0. The highest BCUT2D eigenvalue weighted by Gasteiger charge is 2.25. The zero-order chi connectivity index (χ0) is 12.3. The van der Waals surface area contributed by atoms with Gasteiger partial charge in [-0.05, 0) is 59.3 Å². The highest BCUT2D eigenvalue weighted by Crippen LogP contribution is 2.34. The molecule has 1 aromatic carbocycles. The number of ether oxygens (including phenoxy) is 1. The molecule has 1 aliphatic rings. The van der Waals surface area contributed by atoms with Crippen LogP contribution in [-0.4, -0.2) is 12.4 Å². The molecule has 0 atom stereocenters. The predicted molar refractivity (Wildman–Crippen MR) is 71.6 cm³/mol. The van der Waals surface area contributed by atoms with Crippen molar-refractivity contribution < 1.29 is 9.53 Å². The molecular formula is C14H17BrO2. The molecule has 3 heteroatoms. The molecule has 1 aromatic rings. The Morgan fingerprint density at radius 3 is 2.82 bits per heavy atom. The second kappa shape index (κ2) is 5.67. The number of hydrogen-bond donors (Lipinski definition) is 0. The topological polar surface area (TPSA) is 26.3 Å². The van der Waals surface area contributed by atoms with Crippen molar-refractivity contribution in [3.05, 3.63) is 28.2 Å². The van der Waals surface area contributed by atoms with Crippen LogP contribution in [0, 0.1) is 5.92 Å². The summed E-state index contributed by atoms with van der Waals surface area (Å²) in [4.78, 5) is 11.9. The third kappa shape index (κ3) is 3.56. The number of halogens is 1. The molecule has 0 amide bonds. The summed E-state index contributed by atoms with van der Waals surface area (Å²) in [6.45, 7) is 2.77. The molecule has 92 valence electrons. The molecule has 0 radical (unpaired) electrons. The van der Waals surface area contributed by atoms with E-state index in [0.717, 1.165) is 22.2 Å². The van der Waals surface area contributed by atoms with E-state index in [1.54, 1.807) is 0 Å². The molecule has 0 unspecified atom stereocenters. The van der Waals surface area contributed by atoms with Crippen LogP contribution < -0.4 is 4.74 Å². The van der Waals surface area contributed by atoms with Crippen LogP contribution >= 0.6 is 15.9 Å². The fourth-order valence-electron chi connectivity index (χ4n) is 1.71. The molecule has 1 saturated carbocycles. The summed E-state index contributed by atoms with van der Waals surface area (Å²) in [5.74, 6) is 1.70. The summed E-state index contributed by atoms with van der Waals surface area (Å²) in [6, 6.07) is 5.61. The van der Waals surface area contributed by atoms with Gasteiger partial charge in [0, 0.05) is 12.0 Å². The van der Waals surface area contributed by atoms with Crippen LogP contribution in [0.2, 0.25) is 0 Å². The number of carbonyl (C=O) groups excluding carboxylic acids is 1. The fourth-order valence-corrected chi connectivity index (χ4v) is 2.20. The van der Waals surface area contributed by atoms with Crippen molar-refractivity contribution in [1.29, 1.82) is 0 Å². The first-order valence-corrected chi connectivity index (χ1v) is 6.95. The van der Waals surface area contributed by atoms with Crippen LogP contribution in [0.1, 0.15) is 43.0 Å². The third-order valence-corrected chi connectivity index (χ3v) is 3.51. The van der Waals surface area contributed by atoms with Crippen LogP contribution in [0.5, 0.6) is 5.75 Å². The van der Waals surface area contributed by atoms with Gasteiger partial charge in [-0.1, -0.05) is 6.92 Å². The van der Waals surface area contributed by atoms with Crippen molar-refractivity contribution in [2.45, 2.75) is 32.6 Å². The third-order valence-electron chi connectivity index (χ3n) is 2.89. The first-order valence-electron chi connectivity index (χ1n) is 6.16. The Bertz CT molecular complexity index is 411. The second-order valence-corrected chi connectivity index (χ2v) is 5.42. The average molecular weight is 297 g/mol. The Kier molecular flexibility index (Phi) is 4.21. The average Bonchev–Trinajstić information content (AvgIpc) is 3.11. The van der Waals surface area contributed by atoms with Gasteiger partial charge in [-0.25, -0.2) is 0 Å². The molecule has 17 heavy (non-hydrogen) atoms. The highest BCUT2D eigenvalue weighted by atomic mass is 79.9. The lowest BCUT2D eigenvalue weighted by atomic mass is 10.1. The van der Waals surface area contributed by atoms with E-state index in [1.807, 2.05) is 18.2 Å². The van der Waals surface area contributed by atoms with Gasteiger partial charge in [0.1, 0.15) is 5.75 Å². The van der Waals surface area contributed by atoms with E-state index in [1.165, 1.54) is 12.8 Å². The minimum absolute atomic E-state index is 0.246. The lowest BCUT2D eigenvalue weighted by Crippen LogP contribution is -2.01. The Morgan fingerprint density at radius 2 is 2.24 bits per heavy atom. The Morgan fingerprint density at radius 1 is 1.47 bits per heavy atom. The molecule has 0 bridgehead atoms. The number of carbonyl (C=O) groups is 1. The monoisotopic (exact) mass is 296 g/mol. The van der Waals surface area contributed by atoms with Crippen molar-refractivity contribution in [2.24, 2.45) is 5.92 Å². The molecule has 0 aromatic heterocycles. The molecule has 1 fully saturated rings. The highest BCUT2D eigenvalue weighted by molar-refractivity contribution is 9.10. The molecule has 0 heterocycles. The van der Waals surface area contributed by atoms with Gasteiger partial charge in [0.25, 0.3) is 0 Å². The lowest BCUT2D eigenvalue weighted by molar-refractivity contribution is 0.0976. The van der Waals surface area contributed by atoms with Gasteiger partial charge in [0.2, 0.25) is 0 Å². The van der Waals surface area contributed by atoms with Crippen molar-refractivity contribution in [3.8, 4) is 5.75 Å². The van der Waals surface area contributed by atoms with Gasteiger partial charge in [-0.2, -0.15) is 0 Å². The van der Waals surface area contributed by atoms with Crippen LogP contribution in [0.3, 0.4) is 0 Å². The molecule has 0 aliphatic heterocycles. The first kappa shape index (κ1) is 12.6. The Hall–Kier alpha value is -0.830. The Labute approximate surface area is 110 Å². The predicted octanol–water partition coefficient (Wildman–Crippen LogP) is 4.22. The zero-order valence-electron chi connectivity index (χ0n) is 10.0. The second-order valence-electron chi connectivity index (χ2n) is 4.56. The summed E-state index contributed by atoms with van der Waals surface area (Å²) in [5.41, 5.74) is 0.785. The molecule has 0 N–H and O–H groups in total. The first-order chi connectivity index (χ1) is 8.20. The molecule has 0 spiro atoms. The molecular weight excluding hydrogens is 280 g/mol. The van der Waals surface area contributed by atoms with Crippen LogP contribution in [-0.2, 0) is 0 Å². The number of rotatable bonds is 6. The van der Waals surface area contributed by atoms with E-state index in [9.17, 15) is 4.79 Å². The minimum Gasteiger partial charge on any atom is -0.492 e. The lowest BCUT2D eigenvalue weighted by Gasteiger charge is -2.08. The van der Waals surface area contributed by atoms with Gasteiger partial charge in [0.05, 0.1) is 11.1 Å². The maximum atomic E-state index is 11.9. The van der Waals surface area contributed by atoms with Crippen LogP contribution in [0.15, 0.2) is 22.7 Å². The van der Waals surface area contributed by atoms with Gasteiger partial charge in [0.15, 0.2) is 5.78 Å². The van der Waals surface area contributed by atoms with Crippen LogP contribution in [0.25, 0.3) is 0 Å². The van der Waals surface area contributed by atoms with Gasteiger partial charge in [-0.3, -0.25) is 4.79 Å². The normalized spacial score (nSPS) is 14.7. The van der Waals surface area contributed by atoms with E-state index in [0.29, 0.717) is 18.9 Å².